The Morgan fingerprint density at radius 3 is 2.25 bits per heavy atom. The number of carbonyl (C=O) groups is 2. The summed E-state index contributed by atoms with van der Waals surface area (Å²) < 4.78 is 5.30. The smallest absolute Gasteiger partial charge is 0.338 e. The molecule has 0 aliphatic heterocycles. The van der Waals surface area contributed by atoms with Crippen LogP contribution in [0.5, 0.6) is 0 Å². The third kappa shape index (κ3) is 4.78. The SMILES string of the molecule is Cc1ccc(Cl)cc1NC(=O)[C@@H](C)OC(=O)c1ccc(-c2ccccc2)cc1. The van der Waals surface area contributed by atoms with Crippen LogP contribution < -0.4 is 5.32 Å². The number of ether oxygens (including phenoxy) is 1. The lowest BCUT2D eigenvalue weighted by molar-refractivity contribution is -0.123. The van der Waals surface area contributed by atoms with Gasteiger partial charge >= 0.3 is 5.97 Å². The maximum atomic E-state index is 12.4. The summed E-state index contributed by atoms with van der Waals surface area (Å²) >= 11 is 5.96. The molecule has 0 saturated carbocycles. The van der Waals surface area contributed by atoms with E-state index in [0.29, 0.717) is 16.3 Å². The van der Waals surface area contributed by atoms with E-state index in [1.807, 2.05) is 55.5 Å². The minimum atomic E-state index is -0.945. The number of esters is 1. The topological polar surface area (TPSA) is 55.4 Å². The fourth-order valence-electron chi connectivity index (χ4n) is 2.67. The molecule has 0 saturated heterocycles. The molecule has 0 spiro atoms. The Kier molecular flexibility index (Phi) is 6.12. The summed E-state index contributed by atoms with van der Waals surface area (Å²) in [6, 6.07) is 22.2. The molecule has 3 aromatic rings. The molecular formula is C23H20ClNO3. The van der Waals surface area contributed by atoms with Gasteiger partial charge in [0, 0.05) is 10.7 Å². The summed E-state index contributed by atoms with van der Waals surface area (Å²) in [7, 11) is 0. The van der Waals surface area contributed by atoms with E-state index in [4.69, 9.17) is 16.3 Å². The monoisotopic (exact) mass is 393 g/mol. The molecule has 0 aliphatic carbocycles. The van der Waals surface area contributed by atoms with Gasteiger partial charge in [0.25, 0.3) is 5.91 Å². The summed E-state index contributed by atoms with van der Waals surface area (Å²) in [4.78, 5) is 24.7. The second kappa shape index (κ2) is 8.72. The third-order valence-corrected chi connectivity index (χ3v) is 4.57. The van der Waals surface area contributed by atoms with Gasteiger partial charge in [-0.1, -0.05) is 60.1 Å². The van der Waals surface area contributed by atoms with E-state index in [1.165, 1.54) is 6.92 Å². The first-order chi connectivity index (χ1) is 13.4. The van der Waals surface area contributed by atoms with Gasteiger partial charge in [0.05, 0.1) is 5.56 Å². The Bertz CT molecular complexity index is 984. The van der Waals surface area contributed by atoms with E-state index in [2.05, 4.69) is 5.32 Å². The minimum Gasteiger partial charge on any atom is -0.449 e. The molecule has 3 aromatic carbocycles. The van der Waals surface area contributed by atoms with E-state index < -0.39 is 18.0 Å². The van der Waals surface area contributed by atoms with Gasteiger partial charge in [0.2, 0.25) is 0 Å². The standard InChI is InChI=1S/C23H20ClNO3/c1-15-8-13-20(24)14-21(15)25-22(26)16(2)28-23(27)19-11-9-18(10-12-19)17-6-4-3-5-7-17/h3-14,16H,1-2H3,(H,25,26)/t16-/m1/s1. The predicted octanol–water partition coefficient (Wildman–Crippen LogP) is 5.50. The van der Waals surface area contributed by atoms with Crippen molar-refractivity contribution in [1.29, 1.82) is 0 Å². The van der Waals surface area contributed by atoms with Gasteiger partial charge in [-0.3, -0.25) is 4.79 Å². The fourth-order valence-corrected chi connectivity index (χ4v) is 2.85. The number of carbonyl (C=O) groups excluding carboxylic acids is 2. The second-order valence-corrected chi connectivity index (χ2v) is 6.88. The van der Waals surface area contributed by atoms with Crippen molar-refractivity contribution in [2.45, 2.75) is 20.0 Å². The Morgan fingerprint density at radius 2 is 1.57 bits per heavy atom. The van der Waals surface area contributed by atoms with Crippen molar-refractivity contribution in [3.05, 3.63) is 88.9 Å². The zero-order valence-corrected chi connectivity index (χ0v) is 16.4. The number of halogens is 1. The molecule has 0 aliphatic rings. The summed E-state index contributed by atoms with van der Waals surface area (Å²) in [6.45, 7) is 3.39. The number of nitrogens with one attached hydrogen (secondary N) is 1. The van der Waals surface area contributed by atoms with Gasteiger partial charge in [-0.15, -0.1) is 0 Å². The lowest BCUT2D eigenvalue weighted by atomic mass is 10.0. The summed E-state index contributed by atoms with van der Waals surface area (Å²) in [5, 5.41) is 3.26. The molecule has 28 heavy (non-hydrogen) atoms. The molecule has 0 unspecified atom stereocenters. The molecule has 0 radical (unpaired) electrons. The Morgan fingerprint density at radius 1 is 0.929 bits per heavy atom. The quantitative estimate of drug-likeness (QED) is 0.582. The van der Waals surface area contributed by atoms with E-state index in [-0.39, 0.29) is 0 Å². The first-order valence-electron chi connectivity index (χ1n) is 8.87. The molecule has 0 bridgehead atoms. The Labute approximate surface area is 169 Å². The van der Waals surface area contributed by atoms with Crippen LogP contribution in [0.3, 0.4) is 0 Å². The molecular weight excluding hydrogens is 374 g/mol. The predicted molar refractivity (Wildman–Crippen MR) is 112 cm³/mol. The highest BCUT2D eigenvalue weighted by molar-refractivity contribution is 6.31. The van der Waals surface area contributed by atoms with Gasteiger partial charge in [-0.2, -0.15) is 0 Å². The average Bonchev–Trinajstić information content (AvgIpc) is 2.71. The highest BCUT2D eigenvalue weighted by atomic mass is 35.5. The molecule has 1 N–H and O–H groups in total. The van der Waals surface area contributed by atoms with Crippen molar-refractivity contribution in [2.24, 2.45) is 0 Å². The Balaban J connectivity index is 1.63. The van der Waals surface area contributed by atoms with Crippen LogP contribution in [0.25, 0.3) is 11.1 Å². The molecule has 0 fully saturated rings. The van der Waals surface area contributed by atoms with Crippen LogP contribution in [0.15, 0.2) is 72.8 Å². The molecule has 1 atom stereocenters. The number of hydrogen-bond donors (Lipinski definition) is 1. The molecule has 1 amide bonds. The van der Waals surface area contributed by atoms with E-state index in [1.54, 1.807) is 24.3 Å². The maximum Gasteiger partial charge on any atom is 0.338 e. The van der Waals surface area contributed by atoms with Crippen LogP contribution in [-0.2, 0) is 9.53 Å². The number of rotatable bonds is 5. The van der Waals surface area contributed by atoms with E-state index in [0.717, 1.165) is 16.7 Å². The summed E-state index contributed by atoms with van der Waals surface area (Å²) in [5.74, 6) is -0.968. The van der Waals surface area contributed by atoms with Crippen LogP contribution in [0.1, 0.15) is 22.8 Å². The Hall–Kier alpha value is -3.11. The van der Waals surface area contributed by atoms with Crippen molar-refractivity contribution in [2.75, 3.05) is 5.32 Å². The van der Waals surface area contributed by atoms with E-state index >= 15 is 0 Å². The number of aryl methyl sites for hydroxylation is 1. The fraction of sp³-hybridized carbons (Fsp3) is 0.130. The number of benzene rings is 3. The third-order valence-electron chi connectivity index (χ3n) is 4.34. The first-order valence-corrected chi connectivity index (χ1v) is 9.25. The average molecular weight is 394 g/mol. The van der Waals surface area contributed by atoms with Crippen LogP contribution >= 0.6 is 11.6 Å². The second-order valence-electron chi connectivity index (χ2n) is 6.44. The number of amides is 1. The molecule has 5 heteroatoms. The number of anilines is 1. The van der Waals surface area contributed by atoms with Crippen molar-refractivity contribution in [3.8, 4) is 11.1 Å². The lowest BCUT2D eigenvalue weighted by Crippen LogP contribution is -2.30. The van der Waals surface area contributed by atoms with Crippen molar-refractivity contribution in [1.82, 2.24) is 0 Å². The van der Waals surface area contributed by atoms with Crippen LogP contribution in [-0.4, -0.2) is 18.0 Å². The van der Waals surface area contributed by atoms with Gasteiger partial charge in [0.1, 0.15) is 0 Å². The minimum absolute atomic E-state index is 0.387. The molecule has 3 rings (SSSR count). The normalized spacial score (nSPS) is 11.5. The number of hydrogen-bond acceptors (Lipinski definition) is 3. The van der Waals surface area contributed by atoms with Gasteiger partial charge in [-0.05, 0) is 54.8 Å². The lowest BCUT2D eigenvalue weighted by Gasteiger charge is -2.15. The molecule has 142 valence electrons. The van der Waals surface area contributed by atoms with Crippen molar-refractivity contribution >= 4 is 29.2 Å². The van der Waals surface area contributed by atoms with Crippen LogP contribution in [0.2, 0.25) is 5.02 Å². The van der Waals surface area contributed by atoms with Crippen LogP contribution in [0.4, 0.5) is 5.69 Å². The van der Waals surface area contributed by atoms with Crippen molar-refractivity contribution in [3.63, 3.8) is 0 Å². The zero-order valence-electron chi connectivity index (χ0n) is 15.6. The van der Waals surface area contributed by atoms with Gasteiger partial charge in [0.15, 0.2) is 6.10 Å². The molecule has 4 nitrogen and oxygen atoms in total. The van der Waals surface area contributed by atoms with E-state index in [9.17, 15) is 9.59 Å². The van der Waals surface area contributed by atoms with Crippen molar-refractivity contribution < 1.29 is 14.3 Å². The summed E-state index contributed by atoms with van der Waals surface area (Å²) in [5.41, 5.74) is 3.91. The van der Waals surface area contributed by atoms with Gasteiger partial charge in [-0.25, -0.2) is 4.79 Å². The van der Waals surface area contributed by atoms with Gasteiger partial charge < -0.3 is 10.1 Å². The zero-order chi connectivity index (χ0) is 20.1. The van der Waals surface area contributed by atoms with Crippen LogP contribution in [0, 0.1) is 6.92 Å². The highest BCUT2D eigenvalue weighted by Gasteiger charge is 2.19. The molecule has 0 aromatic heterocycles. The first kappa shape index (κ1) is 19.6. The maximum absolute atomic E-state index is 12.4. The molecule has 0 heterocycles. The largest absolute Gasteiger partial charge is 0.449 e. The summed E-state index contributed by atoms with van der Waals surface area (Å²) in [6.07, 6.45) is -0.945. The highest BCUT2D eigenvalue weighted by Crippen LogP contribution is 2.21.